The van der Waals surface area contributed by atoms with E-state index in [0.717, 1.165) is 17.8 Å². The molecule has 202 valence electrons. The molecule has 1 aliphatic rings. The number of anilines is 2. The largest absolute Gasteiger partial charge is 0.444 e. The lowest BCUT2D eigenvalue weighted by Gasteiger charge is -2.32. The Balaban J connectivity index is 1.38. The Labute approximate surface area is 231 Å². The molecule has 11 nitrogen and oxygen atoms in total. The third-order valence-electron chi connectivity index (χ3n) is 5.60. The van der Waals surface area contributed by atoms with Crippen molar-refractivity contribution in [1.82, 2.24) is 20.2 Å². The van der Waals surface area contributed by atoms with Crippen molar-refractivity contribution in [2.45, 2.75) is 45.1 Å². The third kappa shape index (κ3) is 6.72. The van der Waals surface area contributed by atoms with E-state index in [1.54, 1.807) is 16.3 Å². The van der Waals surface area contributed by atoms with Crippen LogP contribution in [0.4, 0.5) is 20.7 Å². The fraction of sp³-hybridized carbons (Fsp3) is 0.417. The van der Waals surface area contributed by atoms with Crippen LogP contribution in [-0.4, -0.2) is 63.8 Å². The van der Waals surface area contributed by atoms with Crippen molar-refractivity contribution in [3.63, 3.8) is 0 Å². The van der Waals surface area contributed by atoms with Crippen LogP contribution in [0.15, 0.2) is 37.7 Å². The molecule has 2 aromatic heterocycles. The lowest BCUT2D eigenvalue weighted by Crippen LogP contribution is -2.41. The number of nitrogens with one attached hydrogen (secondary N) is 2. The van der Waals surface area contributed by atoms with Gasteiger partial charge in [0.1, 0.15) is 17.1 Å². The van der Waals surface area contributed by atoms with Crippen LogP contribution < -0.4 is 10.6 Å². The highest BCUT2D eigenvalue weighted by molar-refractivity contribution is 9.10. The van der Waals surface area contributed by atoms with Gasteiger partial charge in [0.2, 0.25) is 5.82 Å². The van der Waals surface area contributed by atoms with Crippen molar-refractivity contribution < 1.29 is 23.3 Å². The molecule has 1 saturated heterocycles. The maximum Gasteiger partial charge on any atom is 0.410 e. The minimum atomic E-state index is -0.539. The molecule has 0 aliphatic carbocycles. The summed E-state index contributed by atoms with van der Waals surface area (Å²) in [5.74, 6) is -0.420. The van der Waals surface area contributed by atoms with Crippen molar-refractivity contribution in [2.24, 2.45) is 4.99 Å². The molecule has 1 aliphatic heterocycles. The maximum atomic E-state index is 13.6. The highest BCUT2D eigenvalue weighted by atomic mass is 79.9. The molecule has 3 heterocycles. The van der Waals surface area contributed by atoms with Crippen molar-refractivity contribution in [2.75, 3.05) is 30.8 Å². The molecular formula is C24H27BrFN7O4S. The molecule has 0 unspecified atom stereocenters. The van der Waals surface area contributed by atoms with Crippen LogP contribution in [-0.2, 0) is 4.74 Å². The molecule has 0 bridgehead atoms. The van der Waals surface area contributed by atoms with Gasteiger partial charge in [0.15, 0.2) is 11.5 Å². The first kappa shape index (κ1) is 27.6. The number of halogens is 2. The van der Waals surface area contributed by atoms with Crippen LogP contribution in [0.2, 0.25) is 0 Å². The summed E-state index contributed by atoms with van der Waals surface area (Å²) in [7, 11) is 1.53. The van der Waals surface area contributed by atoms with Gasteiger partial charge < -0.3 is 20.3 Å². The molecule has 0 atom stereocenters. The van der Waals surface area contributed by atoms with Gasteiger partial charge in [-0.2, -0.15) is 0 Å². The van der Waals surface area contributed by atoms with Crippen LogP contribution in [0.3, 0.4) is 0 Å². The summed E-state index contributed by atoms with van der Waals surface area (Å²) in [6, 6.07) is 4.37. The molecule has 4 rings (SSSR count). The zero-order chi connectivity index (χ0) is 27.4. The lowest BCUT2D eigenvalue weighted by molar-refractivity contribution is 0.0204. The maximum absolute atomic E-state index is 13.6. The van der Waals surface area contributed by atoms with Crippen LogP contribution in [0, 0.1) is 5.82 Å². The number of carbonyl (C=O) groups excluding carboxylic acids is 2. The van der Waals surface area contributed by atoms with Gasteiger partial charge in [-0.15, -0.1) is 11.3 Å². The van der Waals surface area contributed by atoms with Crippen molar-refractivity contribution in [3.05, 3.63) is 50.3 Å². The second-order valence-corrected chi connectivity index (χ2v) is 11.3. The van der Waals surface area contributed by atoms with Crippen molar-refractivity contribution in [1.29, 1.82) is 0 Å². The van der Waals surface area contributed by atoms with Gasteiger partial charge in [-0.05, 0) is 78.1 Å². The molecule has 3 aromatic rings. The minimum absolute atomic E-state index is 0.0597. The standard InChI is InChI=1S/C24H27BrFN7O4S/c1-24(2,3)36-23(35)33-9-7-13(8-10-33)22-29-17(12-38-22)21(34)30-20-18(31-37-32-20)19(27-4)28-14-5-6-16(26)15(25)11-14/h5-6,11-13H,7-10H2,1-4H3,(H,27,28)(H,30,32,34). The van der Waals surface area contributed by atoms with E-state index in [2.05, 4.69) is 46.9 Å². The van der Waals surface area contributed by atoms with Crippen molar-refractivity contribution >= 4 is 56.6 Å². The number of carbonyl (C=O) groups is 2. The number of thiazole rings is 1. The van der Waals surface area contributed by atoms with E-state index < -0.39 is 17.3 Å². The summed E-state index contributed by atoms with van der Waals surface area (Å²) >= 11 is 4.54. The molecule has 0 radical (unpaired) electrons. The highest BCUT2D eigenvalue weighted by Crippen LogP contribution is 2.31. The second kappa shape index (κ2) is 11.6. The minimum Gasteiger partial charge on any atom is -0.444 e. The predicted octanol–water partition coefficient (Wildman–Crippen LogP) is 5.28. The van der Waals surface area contributed by atoms with Crippen LogP contribution in [0.1, 0.15) is 60.7 Å². The monoisotopic (exact) mass is 607 g/mol. The summed E-state index contributed by atoms with van der Waals surface area (Å²) in [5.41, 5.74) is 0.411. The molecule has 2 N–H and O–H groups in total. The summed E-state index contributed by atoms with van der Waals surface area (Å²) < 4.78 is 24.1. The van der Waals surface area contributed by atoms with Gasteiger partial charge in [-0.1, -0.05) is 0 Å². The van der Waals surface area contributed by atoms with Gasteiger partial charge in [0.05, 0.1) is 9.48 Å². The van der Waals surface area contributed by atoms with E-state index in [-0.39, 0.29) is 39.5 Å². The molecule has 1 aromatic carbocycles. The molecule has 0 spiro atoms. The summed E-state index contributed by atoms with van der Waals surface area (Å²) in [6.45, 7) is 6.65. The van der Waals surface area contributed by atoms with Crippen molar-refractivity contribution in [3.8, 4) is 0 Å². The number of nitrogens with zero attached hydrogens (tertiary/aromatic N) is 5. The summed E-state index contributed by atoms with van der Waals surface area (Å²) in [4.78, 5) is 35.6. The number of ether oxygens (including phenoxy) is 1. The number of aromatic nitrogens is 3. The summed E-state index contributed by atoms with van der Waals surface area (Å²) in [6.07, 6.45) is 1.14. The first-order valence-corrected chi connectivity index (χ1v) is 13.5. The fourth-order valence-corrected chi connectivity index (χ4v) is 5.09. The topological polar surface area (TPSA) is 135 Å². The number of rotatable bonds is 5. The number of benzene rings is 1. The van der Waals surface area contributed by atoms with E-state index in [9.17, 15) is 14.0 Å². The smallest absolute Gasteiger partial charge is 0.410 e. The molecule has 38 heavy (non-hydrogen) atoms. The fourth-order valence-electron chi connectivity index (χ4n) is 3.74. The SMILES string of the molecule is C/N=C(\Nc1ccc(F)c(Br)c1)c1nonc1NC(=O)c1csc(C2CCN(C(=O)OC(C)(C)C)CC2)n1. The van der Waals surface area contributed by atoms with Gasteiger partial charge >= 0.3 is 6.09 Å². The zero-order valence-electron chi connectivity index (χ0n) is 21.2. The Hall–Kier alpha value is -3.39. The van der Waals surface area contributed by atoms with Gasteiger partial charge in [-0.3, -0.25) is 9.79 Å². The Morgan fingerprint density at radius 2 is 1.97 bits per heavy atom. The van der Waals surface area contributed by atoms with E-state index in [0.29, 0.717) is 18.8 Å². The van der Waals surface area contributed by atoms with Crippen LogP contribution in [0.25, 0.3) is 0 Å². The Bertz CT molecular complexity index is 1350. The van der Waals surface area contributed by atoms with Crippen LogP contribution in [0.5, 0.6) is 0 Å². The summed E-state index contributed by atoms with van der Waals surface area (Å²) in [5, 5.41) is 15.8. The van der Waals surface area contributed by atoms with Gasteiger partial charge in [0.25, 0.3) is 5.91 Å². The number of hydrogen-bond donors (Lipinski definition) is 2. The number of aliphatic imine (C=N–C) groups is 1. The highest BCUT2D eigenvalue weighted by Gasteiger charge is 2.29. The molecule has 2 amide bonds. The van der Waals surface area contributed by atoms with E-state index in [1.165, 1.54) is 30.5 Å². The number of amides is 2. The Morgan fingerprint density at radius 3 is 2.63 bits per heavy atom. The second-order valence-electron chi connectivity index (χ2n) is 9.55. The molecule has 14 heteroatoms. The average Bonchev–Trinajstić information content (AvgIpc) is 3.54. The normalized spacial score (nSPS) is 14.9. The first-order chi connectivity index (χ1) is 18.0. The lowest BCUT2D eigenvalue weighted by atomic mass is 9.98. The molecule has 0 saturated carbocycles. The average molecular weight is 608 g/mol. The Kier molecular flexibility index (Phi) is 8.41. The number of likely N-dealkylation sites (tertiary alicyclic amines) is 1. The van der Waals surface area contributed by atoms with Gasteiger partial charge in [0, 0.05) is 37.1 Å². The third-order valence-corrected chi connectivity index (χ3v) is 7.22. The predicted molar refractivity (Wildman–Crippen MR) is 144 cm³/mol. The van der Waals surface area contributed by atoms with Crippen LogP contribution >= 0.6 is 27.3 Å². The Morgan fingerprint density at radius 1 is 1.24 bits per heavy atom. The van der Waals surface area contributed by atoms with Gasteiger partial charge in [-0.25, -0.2) is 18.8 Å². The van der Waals surface area contributed by atoms with E-state index in [4.69, 9.17) is 9.37 Å². The number of hydrogen-bond acceptors (Lipinski definition) is 9. The van der Waals surface area contributed by atoms with E-state index >= 15 is 0 Å². The molecular weight excluding hydrogens is 581 g/mol. The molecule has 1 fully saturated rings. The first-order valence-electron chi connectivity index (χ1n) is 11.8. The number of amidine groups is 1. The zero-order valence-corrected chi connectivity index (χ0v) is 23.7. The van der Waals surface area contributed by atoms with E-state index in [1.807, 2.05) is 20.8 Å². The quantitative estimate of drug-likeness (QED) is 0.295. The number of piperidine rings is 1.